The second-order valence-electron chi connectivity index (χ2n) is 6.39. The molecule has 25 heavy (non-hydrogen) atoms. The molecule has 0 spiro atoms. The summed E-state index contributed by atoms with van der Waals surface area (Å²) in [7, 11) is 0. The zero-order valence-electron chi connectivity index (χ0n) is 15.4. The van der Waals surface area contributed by atoms with Crippen molar-refractivity contribution in [2.45, 2.75) is 38.5 Å². The summed E-state index contributed by atoms with van der Waals surface area (Å²) in [6.45, 7) is 6.38. The first-order valence-electron chi connectivity index (χ1n) is 9.02. The van der Waals surface area contributed by atoms with Gasteiger partial charge in [0, 0.05) is 18.2 Å². The van der Waals surface area contributed by atoms with Crippen LogP contribution >= 0.6 is 28.3 Å². The Morgan fingerprint density at radius 2 is 1.12 bits per heavy atom. The Morgan fingerprint density at radius 3 is 1.44 bits per heavy atom. The van der Waals surface area contributed by atoms with Gasteiger partial charge in [0.05, 0.1) is 0 Å². The lowest BCUT2D eigenvalue weighted by atomic mass is 9.99. The van der Waals surface area contributed by atoms with Crippen LogP contribution in [0.5, 0.6) is 0 Å². The minimum Gasteiger partial charge on any atom is -0.301 e. The van der Waals surface area contributed by atoms with Gasteiger partial charge in [0.1, 0.15) is 0 Å². The van der Waals surface area contributed by atoms with Gasteiger partial charge in [-0.25, -0.2) is 0 Å². The highest BCUT2D eigenvalue weighted by Gasteiger charge is 2.22. The van der Waals surface area contributed by atoms with Crippen LogP contribution in [0.3, 0.4) is 0 Å². The summed E-state index contributed by atoms with van der Waals surface area (Å²) in [6, 6.07) is 21.2. The Bertz CT molecular complexity index is 605. The molecule has 0 amide bonds. The predicted molar refractivity (Wildman–Crippen MR) is 117 cm³/mol. The Balaban J connectivity index is 1.89. The quantitative estimate of drug-likeness (QED) is 0.386. The van der Waals surface area contributed by atoms with E-state index in [1.807, 2.05) is 6.66 Å². The van der Waals surface area contributed by atoms with Crippen molar-refractivity contribution in [3.63, 3.8) is 0 Å². The first-order chi connectivity index (χ1) is 12.1. The summed E-state index contributed by atoms with van der Waals surface area (Å²) in [4.78, 5) is 0. The van der Waals surface area contributed by atoms with E-state index in [0.717, 1.165) is 24.3 Å². The molecular weight excluding hydrogens is 363 g/mol. The predicted octanol–water partition coefficient (Wildman–Crippen LogP) is 7.66. The van der Waals surface area contributed by atoms with Crippen LogP contribution in [0.1, 0.15) is 49.7 Å². The zero-order chi connectivity index (χ0) is 18.1. The van der Waals surface area contributed by atoms with Crippen molar-refractivity contribution in [3.05, 3.63) is 71.8 Å². The lowest BCUT2D eigenvalue weighted by Gasteiger charge is -2.20. The molecule has 2 aromatic rings. The third-order valence-corrected chi connectivity index (χ3v) is 12.2. The van der Waals surface area contributed by atoms with Gasteiger partial charge in [-0.1, -0.05) is 97.3 Å². The molecule has 2 aromatic carbocycles. The van der Waals surface area contributed by atoms with Gasteiger partial charge in [-0.05, 0) is 35.8 Å². The van der Waals surface area contributed by atoms with E-state index in [4.69, 9.17) is 0 Å². The third-order valence-electron chi connectivity index (χ3n) is 4.55. The van der Waals surface area contributed by atoms with Crippen molar-refractivity contribution in [1.29, 1.82) is 0 Å². The van der Waals surface area contributed by atoms with Crippen LogP contribution in [0.4, 0.5) is 0 Å². The van der Waals surface area contributed by atoms with Crippen molar-refractivity contribution in [2.75, 3.05) is 18.2 Å². The van der Waals surface area contributed by atoms with Crippen molar-refractivity contribution in [3.8, 4) is 0 Å². The summed E-state index contributed by atoms with van der Waals surface area (Å²) in [5, 5.41) is 0. The minimum absolute atomic E-state index is 0.483. The lowest BCUT2D eigenvalue weighted by molar-refractivity contribution is 0.596. The Labute approximate surface area is 161 Å². The molecule has 0 radical (unpaired) electrons. The van der Waals surface area contributed by atoms with E-state index in [1.54, 1.807) is 22.8 Å². The monoisotopic (exact) mass is 392 g/mol. The van der Waals surface area contributed by atoms with Crippen LogP contribution in [-0.2, 0) is 4.57 Å². The first kappa shape index (κ1) is 20.7. The van der Waals surface area contributed by atoms with E-state index >= 15 is 0 Å². The summed E-state index contributed by atoms with van der Waals surface area (Å²) in [5.41, 5.74) is 0.485. The Hall–Kier alpha value is -0.630. The molecule has 2 unspecified atom stereocenters. The van der Waals surface area contributed by atoms with Crippen molar-refractivity contribution >= 4 is 28.3 Å². The minimum atomic E-state index is -2.23. The number of hydrogen-bond donors (Lipinski definition) is 0. The summed E-state index contributed by atoms with van der Waals surface area (Å²) < 4.78 is 13.0. The molecular formula is C21H29OPS2. The fourth-order valence-electron chi connectivity index (χ4n) is 2.84. The Morgan fingerprint density at radius 1 is 0.760 bits per heavy atom. The molecule has 4 heteroatoms. The van der Waals surface area contributed by atoms with Crippen LogP contribution < -0.4 is 0 Å². The largest absolute Gasteiger partial charge is 0.301 e. The zero-order valence-corrected chi connectivity index (χ0v) is 18.0. The van der Waals surface area contributed by atoms with Gasteiger partial charge >= 0.3 is 0 Å². The SMILES string of the molecule is CCC(CSP(C)(=O)SCC(CC)c1ccccc1)c1ccccc1. The van der Waals surface area contributed by atoms with Crippen LogP contribution in [0, 0.1) is 0 Å². The highest BCUT2D eigenvalue weighted by atomic mass is 33.1. The number of hydrogen-bond acceptors (Lipinski definition) is 3. The van der Waals surface area contributed by atoms with Crippen molar-refractivity contribution in [2.24, 2.45) is 0 Å². The maximum atomic E-state index is 13.0. The topological polar surface area (TPSA) is 17.1 Å². The molecule has 0 fully saturated rings. The fraction of sp³-hybridized carbons (Fsp3) is 0.429. The normalized spacial score (nSPS) is 16.1. The average molecular weight is 393 g/mol. The van der Waals surface area contributed by atoms with Gasteiger partial charge in [-0.2, -0.15) is 0 Å². The van der Waals surface area contributed by atoms with Crippen LogP contribution in [0.25, 0.3) is 0 Å². The molecule has 0 heterocycles. The highest BCUT2D eigenvalue weighted by Crippen LogP contribution is 2.67. The fourth-order valence-corrected chi connectivity index (χ4v) is 9.36. The van der Waals surface area contributed by atoms with Crippen LogP contribution in [0.15, 0.2) is 60.7 Å². The first-order valence-corrected chi connectivity index (χ1v) is 14.4. The van der Waals surface area contributed by atoms with E-state index in [9.17, 15) is 4.57 Å². The van der Waals surface area contributed by atoms with E-state index < -0.39 is 5.55 Å². The molecule has 2 atom stereocenters. The molecule has 0 N–H and O–H groups in total. The molecule has 0 aliphatic heterocycles. The van der Waals surface area contributed by atoms with E-state index in [0.29, 0.717) is 11.8 Å². The highest BCUT2D eigenvalue weighted by molar-refractivity contribution is 8.90. The van der Waals surface area contributed by atoms with E-state index in [1.165, 1.54) is 11.1 Å². The van der Waals surface area contributed by atoms with Gasteiger partial charge < -0.3 is 4.57 Å². The van der Waals surface area contributed by atoms with Gasteiger partial charge in [0.2, 0.25) is 0 Å². The second kappa shape index (κ2) is 10.5. The number of rotatable bonds is 10. The average Bonchev–Trinajstić information content (AvgIpc) is 2.64. The molecule has 0 aliphatic rings. The standard InChI is InChI=1S/C21H29OPS2/c1-4-18(20-12-8-6-9-13-20)16-24-23(3,22)25-17-19(5-2)21-14-10-7-11-15-21/h6-15,18-19H,4-5,16-17H2,1-3H3. The number of benzene rings is 2. The summed E-state index contributed by atoms with van der Waals surface area (Å²) >= 11 is 3.34. The summed E-state index contributed by atoms with van der Waals surface area (Å²) in [6.07, 6.45) is 2.17. The van der Waals surface area contributed by atoms with E-state index in [-0.39, 0.29) is 0 Å². The molecule has 0 aromatic heterocycles. The third kappa shape index (κ3) is 6.89. The molecule has 2 rings (SSSR count). The lowest BCUT2D eigenvalue weighted by Crippen LogP contribution is -2.01. The summed E-state index contributed by atoms with van der Waals surface area (Å²) in [5.74, 6) is 2.83. The van der Waals surface area contributed by atoms with Crippen LogP contribution in [-0.4, -0.2) is 18.2 Å². The smallest absolute Gasteiger partial charge is 0.188 e. The van der Waals surface area contributed by atoms with Crippen molar-refractivity contribution in [1.82, 2.24) is 0 Å². The van der Waals surface area contributed by atoms with Crippen LogP contribution in [0.2, 0.25) is 0 Å². The molecule has 136 valence electrons. The molecule has 0 saturated carbocycles. The van der Waals surface area contributed by atoms with Gasteiger partial charge in [0.15, 0.2) is 5.55 Å². The Kier molecular flexibility index (Phi) is 8.69. The van der Waals surface area contributed by atoms with Gasteiger partial charge in [0.25, 0.3) is 0 Å². The van der Waals surface area contributed by atoms with Crippen molar-refractivity contribution < 1.29 is 4.57 Å². The van der Waals surface area contributed by atoms with Gasteiger partial charge in [-0.3, -0.25) is 0 Å². The second-order valence-corrected chi connectivity index (χ2v) is 15.5. The maximum Gasteiger partial charge on any atom is 0.188 e. The molecule has 0 saturated heterocycles. The molecule has 0 aliphatic carbocycles. The molecule has 1 nitrogen and oxygen atoms in total. The van der Waals surface area contributed by atoms with Gasteiger partial charge in [-0.15, -0.1) is 0 Å². The maximum absolute atomic E-state index is 13.0. The molecule has 0 bridgehead atoms. The van der Waals surface area contributed by atoms with E-state index in [2.05, 4.69) is 74.5 Å².